The molecule has 0 spiro atoms. The van der Waals surface area contributed by atoms with E-state index in [-0.39, 0.29) is 0 Å². The van der Waals surface area contributed by atoms with Crippen LogP contribution in [0.15, 0.2) is 0 Å². The molecule has 4 unspecified atom stereocenters. The molecule has 0 saturated heterocycles. The van der Waals surface area contributed by atoms with Gasteiger partial charge in [0.15, 0.2) is 0 Å². The smallest absolute Gasteiger partial charge is 0.0388 e. The van der Waals surface area contributed by atoms with Gasteiger partial charge >= 0.3 is 0 Å². The highest BCUT2D eigenvalue weighted by Crippen LogP contribution is 2.30. The molecule has 1 fully saturated rings. The zero-order valence-corrected chi connectivity index (χ0v) is 11.1. The minimum atomic E-state index is -0.590. The van der Waals surface area contributed by atoms with Crippen LogP contribution in [0.3, 0.4) is 0 Å². The van der Waals surface area contributed by atoms with Crippen molar-refractivity contribution < 1.29 is 4.21 Å². The number of unbranched alkanes of at least 4 members (excludes halogenated alkanes) is 1. The van der Waals surface area contributed by atoms with Crippen molar-refractivity contribution in [2.45, 2.75) is 57.7 Å². The van der Waals surface area contributed by atoms with Gasteiger partial charge in [-0.05, 0) is 31.7 Å². The van der Waals surface area contributed by atoms with Crippen LogP contribution in [-0.4, -0.2) is 27.8 Å². The van der Waals surface area contributed by atoms with Crippen molar-refractivity contribution in [3.05, 3.63) is 0 Å². The molecule has 1 aliphatic rings. The van der Waals surface area contributed by atoms with E-state index < -0.39 is 10.8 Å². The molecular weight excluding hydrogens is 206 g/mol. The number of nitrogens with one attached hydrogen (secondary N) is 1. The van der Waals surface area contributed by atoms with Gasteiger partial charge in [0.2, 0.25) is 0 Å². The fourth-order valence-corrected chi connectivity index (χ4v) is 4.43. The third-order valence-electron chi connectivity index (χ3n) is 3.49. The lowest BCUT2D eigenvalue weighted by Gasteiger charge is -2.20. The Hall–Kier alpha value is 0.110. The van der Waals surface area contributed by atoms with E-state index in [2.05, 4.69) is 26.1 Å². The Morgan fingerprint density at radius 3 is 2.67 bits per heavy atom. The highest BCUT2D eigenvalue weighted by atomic mass is 32.2. The van der Waals surface area contributed by atoms with Crippen molar-refractivity contribution in [2.24, 2.45) is 5.92 Å². The van der Waals surface area contributed by atoms with Gasteiger partial charge in [-0.3, -0.25) is 4.21 Å². The average molecular weight is 231 g/mol. The van der Waals surface area contributed by atoms with Crippen molar-refractivity contribution in [1.29, 1.82) is 0 Å². The Kier molecular flexibility index (Phi) is 5.83. The van der Waals surface area contributed by atoms with Crippen molar-refractivity contribution in [3.8, 4) is 0 Å². The number of hydrogen-bond acceptors (Lipinski definition) is 2. The summed E-state index contributed by atoms with van der Waals surface area (Å²) in [5.74, 6) is 1.49. The first-order chi connectivity index (χ1) is 7.20. The van der Waals surface area contributed by atoms with Gasteiger partial charge in [0.05, 0.1) is 0 Å². The van der Waals surface area contributed by atoms with Crippen LogP contribution in [0.2, 0.25) is 0 Å². The fraction of sp³-hybridized carbons (Fsp3) is 1.00. The molecule has 3 heteroatoms. The van der Waals surface area contributed by atoms with Crippen LogP contribution >= 0.6 is 0 Å². The van der Waals surface area contributed by atoms with E-state index in [0.717, 1.165) is 31.6 Å². The monoisotopic (exact) mass is 231 g/mol. The molecular formula is C12H25NOS. The molecule has 0 aromatic heterocycles. The van der Waals surface area contributed by atoms with Crippen molar-refractivity contribution in [2.75, 3.05) is 12.3 Å². The van der Waals surface area contributed by atoms with Gasteiger partial charge < -0.3 is 5.32 Å². The Morgan fingerprint density at radius 1 is 1.33 bits per heavy atom. The standard InChI is InChI=1S/C12H25NOS/c1-4-6-9-15(14)12-8-7-11(10(12)3)13-5-2/h10-13H,4-9H2,1-3H3. The second kappa shape index (κ2) is 6.64. The molecule has 1 aliphatic carbocycles. The van der Waals surface area contributed by atoms with Crippen molar-refractivity contribution >= 4 is 10.8 Å². The van der Waals surface area contributed by atoms with Gasteiger partial charge in [-0.15, -0.1) is 0 Å². The normalized spacial score (nSPS) is 33.1. The Balaban J connectivity index is 2.40. The van der Waals surface area contributed by atoms with Gasteiger partial charge in [-0.2, -0.15) is 0 Å². The molecule has 0 aromatic rings. The van der Waals surface area contributed by atoms with Crippen molar-refractivity contribution in [3.63, 3.8) is 0 Å². The highest BCUT2D eigenvalue weighted by Gasteiger charge is 2.35. The van der Waals surface area contributed by atoms with Gasteiger partial charge in [0, 0.05) is 27.8 Å². The van der Waals surface area contributed by atoms with Crippen molar-refractivity contribution in [1.82, 2.24) is 5.32 Å². The zero-order valence-electron chi connectivity index (χ0n) is 10.3. The third-order valence-corrected chi connectivity index (χ3v) is 5.52. The second-order valence-electron chi connectivity index (χ2n) is 4.58. The maximum atomic E-state index is 12.0. The summed E-state index contributed by atoms with van der Waals surface area (Å²) in [6.45, 7) is 7.60. The Morgan fingerprint density at radius 2 is 2.07 bits per heavy atom. The number of hydrogen-bond donors (Lipinski definition) is 1. The van der Waals surface area contributed by atoms with Crippen LogP contribution < -0.4 is 5.32 Å². The molecule has 4 atom stereocenters. The summed E-state index contributed by atoms with van der Waals surface area (Å²) in [5.41, 5.74) is 0. The quantitative estimate of drug-likeness (QED) is 0.760. The molecule has 0 radical (unpaired) electrons. The average Bonchev–Trinajstić information content (AvgIpc) is 2.58. The first-order valence-electron chi connectivity index (χ1n) is 6.31. The molecule has 1 N–H and O–H groups in total. The largest absolute Gasteiger partial charge is 0.314 e. The van der Waals surface area contributed by atoms with Gasteiger partial charge in [0.25, 0.3) is 0 Å². The van der Waals surface area contributed by atoms with Crippen LogP contribution in [0.25, 0.3) is 0 Å². The zero-order chi connectivity index (χ0) is 11.3. The minimum absolute atomic E-state index is 0.445. The van der Waals surface area contributed by atoms with Crippen LogP contribution in [0.1, 0.15) is 46.5 Å². The number of rotatable bonds is 6. The molecule has 15 heavy (non-hydrogen) atoms. The summed E-state index contributed by atoms with van der Waals surface area (Å²) in [5, 5.41) is 3.95. The fourth-order valence-electron chi connectivity index (χ4n) is 2.49. The van der Waals surface area contributed by atoms with E-state index >= 15 is 0 Å². The maximum absolute atomic E-state index is 12.0. The summed E-state index contributed by atoms with van der Waals surface area (Å²) in [4.78, 5) is 0. The molecule has 1 saturated carbocycles. The lowest BCUT2D eigenvalue weighted by atomic mass is 10.1. The Bertz CT molecular complexity index is 208. The summed E-state index contributed by atoms with van der Waals surface area (Å²) < 4.78 is 12.0. The van der Waals surface area contributed by atoms with Crippen LogP contribution in [-0.2, 0) is 10.8 Å². The molecule has 0 bridgehead atoms. The Labute approximate surface area is 96.7 Å². The summed E-state index contributed by atoms with van der Waals surface area (Å²) in [7, 11) is -0.590. The summed E-state index contributed by atoms with van der Waals surface area (Å²) >= 11 is 0. The first-order valence-corrected chi connectivity index (χ1v) is 7.69. The molecule has 0 amide bonds. The molecule has 0 aliphatic heterocycles. The topological polar surface area (TPSA) is 29.1 Å². The van der Waals surface area contributed by atoms with E-state index in [0.29, 0.717) is 17.2 Å². The van der Waals surface area contributed by atoms with E-state index in [9.17, 15) is 4.21 Å². The lowest BCUT2D eigenvalue weighted by Crippen LogP contribution is -2.35. The summed E-state index contributed by atoms with van der Waals surface area (Å²) in [6.07, 6.45) is 4.62. The van der Waals surface area contributed by atoms with E-state index in [1.807, 2.05) is 0 Å². The summed E-state index contributed by atoms with van der Waals surface area (Å²) in [6, 6.07) is 0.602. The SMILES string of the molecule is CCCCS(=O)C1CCC(NCC)C1C. The van der Waals surface area contributed by atoms with E-state index in [1.165, 1.54) is 6.42 Å². The van der Waals surface area contributed by atoms with Gasteiger partial charge in [-0.1, -0.05) is 27.2 Å². The van der Waals surface area contributed by atoms with Gasteiger partial charge in [-0.25, -0.2) is 0 Å². The third kappa shape index (κ3) is 3.56. The minimum Gasteiger partial charge on any atom is -0.314 e. The molecule has 90 valence electrons. The van der Waals surface area contributed by atoms with E-state index in [4.69, 9.17) is 0 Å². The molecule has 2 nitrogen and oxygen atoms in total. The first kappa shape index (κ1) is 13.2. The highest BCUT2D eigenvalue weighted by molar-refractivity contribution is 7.85. The second-order valence-corrected chi connectivity index (χ2v) is 6.35. The molecule has 1 rings (SSSR count). The van der Waals surface area contributed by atoms with Crippen LogP contribution in [0.5, 0.6) is 0 Å². The molecule has 0 aromatic carbocycles. The lowest BCUT2D eigenvalue weighted by molar-refractivity contribution is 0.438. The van der Waals surface area contributed by atoms with Crippen LogP contribution in [0.4, 0.5) is 0 Å². The van der Waals surface area contributed by atoms with E-state index in [1.54, 1.807) is 0 Å². The van der Waals surface area contributed by atoms with Gasteiger partial charge in [0.1, 0.15) is 0 Å². The predicted molar refractivity (Wildman–Crippen MR) is 67.6 cm³/mol. The maximum Gasteiger partial charge on any atom is 0.0388 e. The predicted octanol–water partition coefficient (Wildman–Crippen LogP) is 2.31. The van der Waals surface area contributed by atoms with Crippen LogP contribution in [0, 0.1) is 5.92 Å². The molecule has 0 heterocycles.